The third-order valence-electron chi connectivity index (χ3n) is 4.54. The summed E-state index contributed by atoms with van der Waals surface area (Å²) in [5.41, 5.74) is 2.48. The predicted molar refractivity (Wildman–Crippen MR) is 112 cm³/mol. The van der Waals surface area contributed by atoms with Crippen LogP contribution in [0, 0.1) is 5.92 Å². The van der Waals surface area contributed by atoms with Crippen molar-refractivity contribution in [3.8, 4) is 5.75 Å². The summed E-state index contributed by atoms with van der Waals surface area (Å²) in [6.45, 7) is 2.14. The zero-order chi connectivity index (χ0) is 21.9. The summed E-state index contributed by atoms with van der Waals surface area (Å²) in [5, 5.41) is 2.68. The van der Waals surface area contributed by atoms with E-state index >= 15 is 0 Å². The molecule has 0 saturated carbocycles. The maximum atomic E-state index is 12.2. The van der Waals surface area contributed by atoms with Crippen molar-refractivity contribution >= 4 is 23.7 Å². The van der Waals surface area contributed by atoms with Crippen molar-refractivity contribution in [2.45, 2.75) is 32.6 Å². The number of anilines is 1. The molecule has 1 N–H and O–H groups in total. The lowest BCUT2D eigenvalue weighted by atomic mass is 9.99. The number of hydrogen-bond donors (Lipinski definition) is 1. The number of carbonyl (C=O) groups excluding carboxylic acids is 3. The van der Waals surface area contributed by atoms with Crippen LogP contribution in [0.15, 0.2) is 48.5 Å². The minimum absolute atomic E-state index is 0.0669. The predicted octanol–water partition coefficient (Wildman–Crippen LogP) is 4.14. The Labute approximate surface area is 176 Å². The molecular weight excluding hydrogens is 386 g/mol. The number of nitrogens with one attached hydrogen (secondary N) is 1. The quantitative estimate of drug-likeness (QED) is 0.491. The van der Waals surface area contributed by atoms with Crippen LogP contribution in [0.1, 0.15) is 30.9 Å². The summed E-state index contributed by atoms with van der Waals surface area (Å²) in [7, 11) is 2.41. The Hall–Kier alpha value is -3.35. The number of aryl methyl sites for hydroxylation is 1. The summed E-state index contributed by atoms with van der Waals surface area (Å²) >= 11 is 0. The number of ether oxygens (including phenoxy) is 3. The summed E-state index contributed by atoms with van der Waals surface area (Å²) in [6, 6.07) is 14.2. The van der Waals surface area contributed by atoms with Crippen molar-refractivity contribution < 1.29 is 28.6 Å². The van der Waals surface area contributed by atoms with Gasteiger partial charge < -0.3 is 14.2 Å². The van der Waals surface area contributed by atoms with Crippen LogP contribution in [0.2, 0.25) is 0 Å². The van der Waals surface area contributed by atoms with Gasteiger partial charge in [-0.05, 0) is 54.7 Å². The zero-order valence-corrected chi connectivity index (χ0v) is 17.5. The van der Waals surface area contributed by atoms with Gasteiger partial charge in [0.2, 0.25) is 0 Å². The third kappa shape index (κ3) is 6.92. The van der Waals surface area contributed by atoms with E-state index in [9.17, 15) is 14.4 Å². The van der Waals surface area contributed by atoms with Crippen LogP contribution in [0.5, 0.6) is 5.75 Å². The van der Waals surface area contributed by atoms with Crippen molar-refractivity contribution in [1.29, 1.82) is 0 Å². The van der Waals surface area contributed by atoms with Crippen LogP contribution in [0.4, 0.5) is 10.5 Å². The Morgan fingerprint density at radius 3 is 2.20 bits per heavy atom. The molecule has 160 valence electrons. The second-order valence-electron chi connectivity index (χ2n) is 6.77. The van der Waals surface area contributed by atoms with E-state index in [1.54, 1.807) is 24.3 Å². The van der Waals surface area contributed by atoms with Gasteiger partial charge in [-0.3, -0.25) is 14.9 Å². The molecule has 0 unspecified atom stereocenters. The van der Waals surface area contributed by atoms with E-state index in [1.807, 2.05) is 24.3 Å². The molecule has 30 heavy (non-hydrogen) atoms. The topological polar surface area (TPSA) is 90.9 Å². The molecule has 0 aliphatic rings. The van der Waals surface area contributed by atoms with E-state index in [1.165, 1.54) is 19.8 Å². The molecule has 0 heterocycles. The maximum absolute atomic E-state index is 12.2. The smallest absolute Gasteiger partial charge is 0.417 e. The molecule has 1 amide bonds. The van der Waals surface area contributed by atoms with E-state index in [4.69, 9.17) is 4.74 Å². The third-order valence-corrected chi connectivity index (χ3v) is 4.54. The Kier molecular flexibility index (Phi) is 8.87. The number of amides is 1. The van der Waals surface area contributed by atoms with Crippen molar-refractivity contribution in [2.75, 3.05) is 19.5 Å². The minimum atomic E-state index is -1.09. The van der Waals surface area contributed by atoms with Crippen LogP contribution >= 0.6 is 0 Å². The Bertz CT molecular complexity index is 846. The van der Waals surface area contributed by atoms with Crippen molar-refractivity contribution in [3.05, 3.63) is 59.7 Å². The number of methoxy groups -OCH3 is 2. The minimum Gasteiger partial charge on any atom is -0.468 e. The lowest BCUT2D eigenvalue weighted by Crippen LogP contribution is -2.28. The molecule has 0 spiro atoms. The van der Waals surface area contributed by atoms with E-state index in [2.05, 4.69) is 21.7 Å². The van der Waals surface area contributed by atoms with Gasteiger partial charge in [0.15, 0.2) is 5.92 Å². The monoisotopic (exact) mass is 413 g/mol. The van der Waals surface area contributed by atoms with Crippen LogP contribution in [-0.4, -0.2) is 32.3 Å². The first kappa shape index (κ1) is 22.9. The average molecular weight is 413 g/mol. The van der Waals surface area contributed by atoms with Gasteiger partial charge in [0.1, 0.15) is 5.75 Å². The molecular formula is C23H27NO6. The second kappa shape index (κ2) is 11.6. The standard InChI is InChI=1S/C23H27NO6/c1-4-5-7-16-10-12-18(13-11-16)24-23(27)30-19-9-6-8-17(14-19)15-20(21(25)28-2)22(26)29-3/h6,8-14,20H,4-5,7,15H2,1-3H3,(H,24,27). The average Bonchev–Trinajstić information content (AvgIpc) is 2.76. The van der Waals surface area contributed by atoms with Crippen LogP contribution < -0.4 is 10.1 Å². The van der Waals surface area contributed by atoms with Gasteiger partial charge in [0.05, 0.1) is 14.2 Å². The molecule has 2 aromatic carbocycles. The summed E-state index contributed by atoms with van der Waals surface area (Å²) in [6.07, 6.45) is 2.69. The molecule has 2 rings (SSSR count). The fraction of sp³-hybridized carbons (Fsp3) is 0.348. The zero-order valence-electron chi connectivity index (χ0n) is 17.5. The molecule has 7 nitrogen and oxygen atoms in total. The Morgan fingerprint density at radius 1 is 0.933 bits per heavy atom. The fourth-order valence-electron chi connectivity index (χ4n) is 2.91. The van der Waals surface area contributed by atoms with Gasteiger partial charge in [-0.15, -0.1) is 0 Å². The Balaban J connectivity index is 1.99. The highest BCUT2D eigenvalue weighted by Gasteiger charge is 2.29. The molecule has 0 radical (unpaired) electrons. The van der Waals surface area contributed by atoms with Gasteiger partial charge in [0, 0.05) is 5.69 Å². The fourth-order valence-corrected chi connectivity index (χ4v) is 2.91. The first-order valence-electron chi connectivity index (χ1n) is 9.79. The molecule has 0 aliphatic heterocycles. The SMILES string of the molecule is CCCCc1ccc(NC(=O)Oc2cccc(CC(C(=O)OC)C(=O)OC)c2)cc1. The molecule has 2 aromatic rings. The second-order valence-corrected chi connectivity index (χ2v) is 6.77. The molecule has 0 aromatic heterocycles. The number of benzene rings is 2. The lowest BCUT2D eigenvalue weighted by molar-refractivity contribution is -0.158. The number of carbonyl (C=O) groups is 3. The number of unbranched alkanes of at least 4 members (excludes halogenated alkanes) is 1. The molecule has 0 aliphatic carbocycles. The molecule has 0 fully saturated rings. The van der Waals surface area contributed by atoms with Gasteiger partial charge in [-0.25, -0.2) is 4.79 Å². The van der Waals surface area contributed by atoms with Crippen molar-refractivity contribution in [3.63, 3.8) is 0 Å². The highest BCUT2D eigenvalue weighted by molar-refractivity contribution is 5.95. The van der Waals surface area contributed by atoms with Crippen molar-refractivity contribution in [1.82, 2.24) is 0 Å². The van der Waals surface area contributed by atoms with Gasteiger partial charge in [-0.2, -0.15) is 0 Å². The van der Waals surface area contributed by atoms with E-state index in [0.717, 1.165) is 19.3 Å². The normalized spacial score (nSPS) is 10.4. The number of esters is 2. The first-order chi connectivity index (χ1) is 14.5. The highest BCUT2D eigenvalue weighted by Crippen LogP contribution is 2.19. The summed E-state index contributed by atoms with van der Waals surface area (Å²) < 4.78 is 14.7. The molecule has 0 saturated heterocycles. The van der Waals surface area contributed by atoms with E-state index in [-0.39, 0.29) is 12.2 Å². The largest absolute Gasteiger partial charge is 0.468 e. The van der Waals surface area contributed by atoms with Crippen LogP contribution in [-0.2, 0) is 31.9 Å². The lowest BCUT2D eigenvalue weighted by Gasteiger charge is -2.13. The maximum Gasteiger partial charge on any atom is 0.417 e. The van der Waals surface area contributed by atoms with E-state index < -0.39 is 23.9 Å². The number of rotatable bonds is 9. The van der Waals surface area contributed by atoms with Gasteiger partial charge in [-0.1, -0.05) is 37.6 Å². The molecule has 0 atom stereocenters. The van der Waals surface area contributed by atoms with Gasteiger partial charge in [0.25, 0.3) is 0 Å². The van der Waals surface area contributed by atoms with E-state index in [0.29, 0.717) is 11.3 Å². The number of hydrogen-bond acceptors (Lipinski definition) is 6. The Morgan fingerprint density at radius 2 is 1.60 bits per heavy atom. The van der Waals surface area contributed by atoms with Crippen LogP contribution in [0.25, 0.3) is 0 Å². The van der Waals surface area contributed by atoms with Gasteiger partial charge >= 0.3 is 18.0 Å². The summed E-state index contributed by atoms with van der Waals surface area (Å²) in [5.74, 6) is -2.17. The van der Waals surface area contributed by atoms with Crippen molar-refractivity contribution in [2.24, 2.45) is 5.92 Å². The highest BCUT2D eigenvalue weighted by atomic mass is 16.6. The molecule has 7 heteroatoms. The van der Waals surface area contributed by atoms with Crippen LogP contribution in [0.3, 0.4) is 0 Å². The first-order valence-corrected chi connectivity index (χ1v) is 9.79. The molecule has 0 bridgehead atoms. The summed E-state index contributed by atoms with van der Waals surface area (Å²) in [4.78, 5) is 35.9.